The number of allylic oxidation sites excluding steroid dienone is 5. The van der Waals surface area contributed by atoms with Gasteiger partial charge >= 0.3 is 171 Å². The van der Waals surface area contributed by atoms with Gasteiger partial charge in [-0.15, -0.1) is 0 Å². The Hall–Kier alpha value is -6.51. The quantitative estimate of drug-likeness (QED) is 0.122. The Kier molecular flexibility index (Phi) is 8.92. The van der Waals surface area contributed by atoms with Gasteiger partial charge in [-0.1, -0.05) is 78.9 Å². The van der Waals surface area contributed by atoms with Crippen LogP contribution in [0.3, 0.4) is 0 Å². The third kappa shape index (κ3) is 5.36. The van der Waals surface area contributed by atoms with E-state index < -0.39 is 5.41 Å². The van der Waals surface area contributed by atoms with E-state index in [0.717, 1.165) is 39.9 Å². The number of fused-ring (bicyclic) bond motifs is 8. The minimum atomic E-state index is -0.508. The summed E-state index contributed by atoms with van der Waals surface area (Å²) in [5, 5.41) is 3.71. The molecule has 2 aliphatic rings. The average molecular weight is 889 g/mol. The van der Waals surface area contributed by atoms with Gasteiger partial charge in [0.25, 0.3) is 0 Å². The predicted octanol–water partition coefficient (Wildman–Crippen LogP) is 9.10. The number of nitrogens with zero attached hydrogens (tertiary/aromatic N) is 4. The van der Waals surface area contributed by atoms with E-state index in [1.807, 2.05) is 18.6 Å². The molecule has 5 nitrogen and oxygen atoms in total. The molecule has 292 valence electrons. The van der Waals surface area contributed by atoms with Crippen LogP contribution in [0.15, 0.2) is 182 Å². The second-order valence-electron chi connectivity index (χ2n) is 15.8. The number of benzene rings is 5. The molecular weight excluding hydrogens is 846 g/mol. The van der Waals surface area contributed by atoms with Gasteiger partial charge in [0.2, 0.25) is 0 Å². The first-order chi connectivity index (χ1) is 29.6. The number of aromatic nitrogens is 4. The number of nitrogens with two attached hydrogens (primary N) is 1. The standard InChI is InChI=1S/C54H43IN5/c1-35-50(38(33-56)32-55-2)44-29-31-57-34-49(44)59(35)41-23-19-36(20-24-41)37-21-25-42(26-22-37)60-47-18-10-9-16-43(47)52-48(60)28-27-46-51(52)45-17-11-30-58-53(45)54(46,39-12-5-3-6-13-39)40-14-7-4-8-15-40/h3,5-7,9-31,33-34H,4,8,32,56H2,1-2H3/q-1/b38-33-. The van der Waals surface area contributed by atoms with Crippen LogP contribution in [0.2, 0.25) is 0 Å². The van der Waals surface area contributed by atoms with Crippen molar-refractivity contribution in [1.29, 1.82) is 0 Å². The number of para-hydroxylation sites is 1. The Balaban J connectivity index is 1.03. The summed E-state index contributed by atoms with van der Waals surface area (Å²) in [5.41, 5.74) is 24.8. The Bertz CT molecular complexity index is 3220. The molecule has 0 bridgehead atoms. The molecule has 0 saturated heterocycles. The first kappa shape index (κ1) is 36.6. The van der Waals surface area contributed by atoms with Gasteiger partial charge in [0.15, 0.2) is 0 Å². The van der Waals surface area contributed by atoms with Gasteiger partial charge in [-0.2, -0.15) is 0 Å². The third-order valence-electron chi connectivity index (χ3n) is 12.7. The minimum absolute atomic E-state index is 0.0496. The van der Waals surface area contributed by atoms with E-state index in [1.165, 1.54) is 83.0 Å². The zero-order valence-electron chi connectivity index (χ0n) is 33.6. The van der Waals surface area contributed by atoms with Crippen LogP contribution in [-0.2, 0) is 5.41 Å². The summed E-state index contributed by atoms with van der Waals surface area (Å²) in [7, 11) is 0. The Morgan fingerprint density at radius 1 is 0.733 bits per heavy atom. The number of halogens is 1. The Morgan fingerprint density at radius 2 is 1.48 bits per heavy atom. The van der Waals surface area contributed by atoms with Crippen molar-refractivity contribution in [2.45, 2.75) is 25.2 Å². The van der Waals surface area contributed by atoms with Crippen molar-refractivity contribution < 1.29 is 21.2 Å². The van der Waals surface area contributed by atoms with Gasteiger partial charge < -0.3 is 4.57 Å². The molecule has 0 aliphatic heterocycles. The van der Waals surface area contributed by atoms with Crippen molar-refractivity contribution in [2.75, 3.05) is 9.36 Å². The summed E-state index contributed by atoms with van der Waals surface area (Å²) in [4.78, 5) is 12.0. The number of rotatable bonds is 8. The maximum absolute atomic E-state index is 6.20. The number of alkyl halides is 2. The first-order valence-corrected chi connectivity index (χ1v) is 24.3. The van der Waals surface area contributed by atoms with Gasteiger partial charge in [-0.25, -0.2) is 0 Å². The van der Waals surface area contributed by atoms with Crippen LogP contribution in [0.4, 0.5) is 0 Å². The molecule has 0 saturated carbocycles. The molecule has 2 N–H and O–H groups in total. The summed E-state index contributed by atoms with van der Waals surface area (Å²) in [6.45, 7) is 2.20. The summed E-state index contributed by atoms with van der Waals surface area (Å²) in [5.74, 6) is 0. The number of hydrogen-bond donors (Lipinski definition) is 1. The Labute approximate surface area is 360 Å². The molecule has 4 aromatic heterocycles. The summed E-state index contributed by atoms with van der Waals surface area (Å²) in [6, 6.07) is 49.0. The van der Waals surface area contributed by atoms with Crippen molar-refractivity contribution in [3.63, 3.8) is 0 Å². The van der Waals surface area contributed by atoms with E-state index in [2.05, 4.69) is 178 Å². The number of pyridine rings is 2. The van der Waals surface area contributed by atoms with Crippen LogP contribution in [0.5, 0.6) is 0 Å². The van der Waals surface area contributed by atoms with E-state index in [4.69, 9.17) is 10.7 Å². The summed E-state index contributed by atoms with van der Waals surface area (Å²) < 4.78 is 5.80. The van der Waals surface area contributed by atoms with Crippen LogP contribution in [-0.4, -0.2) is 28.5 Å². The Morgan fingerprint density at radius 3 is 2.22 bits per heavy atom. The third-order valence-corrected chi connectivity index (χ3v) is 14.3. The SMILES string of the molecule is C[I-]C/C(=C/N)c1c(C)n(-c2ccc(-c3ccc(-n4c5ccccc5c5c6c(ccc54)C(C4=CCCC=C4)(c4ccccc4)c4ncccc4-6)cc3)cc2)c2cnccc12. The summed E-state index contributed by atoms with van der Waals surface area (Å²) in [6.07, 6.45) is 16.8. The molecule has 5 aromatic carbocycles. The maximum atomic E-state index is 6.20. The van der Waals surface area contributed by atoms with Crippen molar-refractivity contribution in [3.8, 4) is 33.6 Å². The second kappa shape index (κ2) is 14.6. The zero-order chi connectivity index (χ0) is 40.4. The monoisotopic (exact) mass is 888 g/mol. The molecule has 1 unspecified atom stereocenters. The first-order valence-electron chi connectivity index (χ1n) is 20.6. The molecule has 0 fully saturated rings. The summed E-state index contributed by atoms with van der Waals surface area (Å²) >= 11 is 0.0496. The van der Waals surface area contributed by atoms with E-state index in [0.29, 0.717) is 0 Å². The molecule has 60 heavy (non-hydrogen) atoms. The van der Waals surface area contributed by atoms with Gasteiger partial charge in [-0.05, 0) is 53.3 Å². The molecule has 4 heterocycles. The van der Waals surface area contributed by atoms with Crippen LogP contribution < -0.4 is 26.9 Å². The molecule has 0 radical (unpaired) electrons. The van der Waals surface area contributed by atoms with Crippen molar-refractivity contribution >= 4 is 38.3 Å². The molecule has 1 atom stereocenters. The molecule has 11 rings (SSSR count). The molecule has 0 spiro atoms. The fourth-order valence-electron chi connectivity index (χ4n) is 10.2. The van der Waals surface area contributed by atoms with Crippen LogP contribution in [0.25, 0.3) is 71.9 Å². The van der Waals surface area contributed by atoms with E-state index in [-0.39, 0.29) is 21.2 Å². The van der Waals surface area contributed by atoms with Crippen molar-refractivity contribution in [2.24, 2.45) is 5.73 Å². The van der Waals surface area contributed by atoms with Gasteiger partial charge in [0.1, 0.15) is 0 Å². The van der Waals surface area contributed by atoms with Gasteiger partial charge in [-0.3, -0.25) is 4.98 Å². The van der Waals surface area contributed by atoms with Crippen molar-refractivity contribution in [1.82, 2.24) is 19.1 Å². The zero-order valence-corrected chi connectivity index (χ0v) is 35.8. The van der Waals surface area contributed by atoms with E-state index in [9.17, 15) is 0 Å². The molecule has 9 aromatic rings. The fraction of sp³-hybridized carbons (Fsp3) is 0.111. The van der Waals surface area contributed by atoms with Crippen LogP contribution in [0.1, 0.15) is 40.9 Å². The fourth-order valence-corrected chi connectivity index (χ4v) is 11.7. The molecule has 0 amide bonds. The number of hydrogen-bond acceptors (Lipinski definition) is 3. The topological polar surface area (TPSA) is 61.7 Å². The van der Waals surface area contributed by atoms with Crippen LogP contribution in [0, 0.1) is 6.92 Å². The molecule has 6 heteroatoms. The average Bonchev–Trinajstić information content (AvgIpc) is 3.92. The molecular formula is C54H43IN5-. The van der Waals surface area contributed by atoms with Crippen LogP contribution >= 0.6 is 0 Å². The molecule has 2 aliphatic carbocycles. The van der Waals surface area contributed by atoms with Crippen molar-refractivity contribution in [3.05, 3.63) is 210 Å². The van der Waals surface area contributed by atoms with Gasteiger partial charge in [0.05, 0.1) is 22.1 Å². The second-order valence-corrected chi connectivity index (χ2v) is 18.1. The predicted molar refractivity (Wildman–Crippen MR) is 245 cm³/mol. The van der Waals surface area contributed by atoms with E-state index >= 15 is 0 Å². The normalized spacial score (nSPS) is 16.2. The van der Waals surface area contributed by atoms with E-state index in [1.54, 1.807) is 6.20 Å². The van der Waals surface area contributed by atoms with Gasteiger partial charge in [0, 0.05) is 28.2 Å².